The molecule has 1 aromatic carbocycles. The van der Waals surface area contributed by atoms with Gasteiger partial charge in [-0.1, -0.05) is 18.2 Å². The van der Waals surface area contributed by atoms with Crippen LogP contribution in [0.25, 0.3) is 0 Å². The van der Waals surface area contributed by atoms with Crippen LogP contribution in [0.5, 0.6) is 0 Å². The molecule has 0 aliphatic carbocycles. The lowest BCUT2D eigenvalue weighted by atomic mass is 9.98. The smallest absolute Gasteiger partial charge is 0.126 e. The minimum atomic E-state index is -0.0883. The molecule has 4 heteroatoms. The van der Waals surface area contributed by atoms with E-state index in [0.29, 0.717) is 12.0 Å². The maximum absolute atomic E-state index is 13.6. The third kappa shape index (κ3) is 3.74. The molecule has 2 heterocycles. The van der Waals surface area contributed by atoms with Crippen LogP contribution in [0.3, 0.4) is 0 Å². The predicted molar refractivity (Wildman–Crippen MR) is 86.2 cm³/mol. The maximum Gasteiger partial charge on any atom is 0.126 e. The number of fused-ring (bicyclic) bond motifs is 1. The molecule has 1 N–H and O–H groups in total. The number of nitrogens with zero attached hydrogens (tertiary/aromatic N) is 2. The Morgan fingerprint density at radius 1 is 1.41 bits per heavy atom. The fourth-order valence-electron chi connectivity index (χ4n) is 3.15. The number of halogens is 1. The summed E-state index contributed by atoms with van der Waals surface area (Å²) in [7, 11) is 0. The standard InChI is InChI=1S/C18H24FN3/c1-14(6-8-16-4-2-3-5-17(16)19)21-12-15-7-9-18-20-10-11-22(18)13-15/h2-5,10-11,14-15,21H,6-9,12-13H2,1H3/t14-,15-/m0/s1. The van der Waals surface area contributed by atoms with Crippen molar-refractivity contribution in [3.8, 4) is 0 Å². The highest BCUT2D eigenvalue weighted by Crippen LogP contribution is 2.18. The van der Waals surface area contributed by atoms with Crippen molar-refractivity contribution in [1.82, 2.24) is 14.9 Å². The number of nitrogens with one attached hydrogen (secondary N) is 1. The highest BCUT2D eigenvalue weighted by molar-refractivity contribution is 5.17. The minimum Gasteiger partial charge on any atom is -0.335 e. The summed E-state index contributed by atoms with van der Waals surface area (Å²) in [5.74, 6) is 1.79. The number of rotatable bonds is 6. The van der Waals surface area contributed by atoms with Crippen LogP contribution >= 0.6 is 0 Å². The summed E-state index contributed by atoms with van der Waals surface area (Å²) in [6.45, 7) is 4.27. The largest absolute Gasteiger partial charge is 0.335 e. The Bertz CT molecular complexity index is 608. The van der Waals surface area contributed by atoms with Crippen molar-refractivity contribution in [2.45, 2.75) is 45.2 Å². The van der Waals surface area contributed by atoms with Gasteiger partial charge >= 0.3 is 0 Å². The summed E-state index contributed by atoms with van der Waals surface area (Å²) in [5, 5.41) is 3.61. The van der Waals surface area contributed by atoms with E-state index in [-0.39, 0.29) is 5.82 Å². The van der Waals surface area contributed by atoms with Crippen LogP contribution < -0.4 is 5.32 Å². The van der Waals surface area contributed by atoms with Gasteiger partial charge < -0.3 is 9.88 Å². The molecule has 0 amide bonds. The number of imidazole rings is 1. The minimum absolute atomic E-state index is 0.0883. The summed E-state index contributed by atoms with van der Waals surface area (Å²) < 4.78 is 15.9. The predicted octanol–water partition coefficient (Wildman–Crippen LogP) is 3.20. The molecular formula is C18H24FN3. The lowest BCUT2D eigenvalue weighted by molar-refractivity contribution is 0.331. The molecule has 0 saturated carbocycles. The highest BCUT2D eigenvalue weighted by atomic mass is 19.1. The summed E-state index contributed by atoms with van der Waals surface area (Å²) in [6.07, 6.45) is 7.99. The van der Waals surface area contributed by atoms with Crippen molar-refractivity contribution in [2.24, 2.45) is 5.92 Å². The Balaban J connectivity index is 1.41. The van der Waals surface area contributed by atoms with E-state index in [1.807, 2.05) is 18.3 Å². The van der Waals surface area contributed by atoms with Gasteiger partial charge in [0.2, 0.25) is 0 Å². The average molecular weight is 301 g/mol. The van der Waals surface area contributed by atoms with Gasteiger partial charge in [0.1, 0.15) is 11.6 Å². The van der Waals surface area contributed by atoms with E-state index in [1.54, 1.807) is 6.07 Å². The van der Waals surface area contributed by atoms with Crippen LogP contribution in [0, 0.1) is 11.7 Å². The second-order valence-electron chi connectivity index (χ2n) is 6.34. The fraction of sp³-hybridized carbons (Fsp3) is 0.500. The monoisotopic (exact) mass is 301 g/mol. The first-order chi connectivity index (χ1) is 10.7. The van der Waals surface area contributed by atoms with E-state index in [1.165, 1.54) is 18.3 Å². The number of aryl methyl sites for hydroxylation is 2. The van der Waals surface area contributed by atoms with E-state index >= 15 is 0 Å². The summed E-state index contributed by atoms with van der Waals surface area (Å²) in [6, 6.07) is 7.47. The van der Waals surface area contributed by atoms with Gasteiger partial charge in [-0.15, -0.1) is 0 Å². The first kappa shape index (κ1) is 15.2. The highest BCUT2D eigenvalue weighted by Gasteiger charge is 2.19. The Hall–Kier alpha value is -1.68. The number of benzene rings is 1. The zero-order valence-electron chi connectivity index (χ0n) is 13.1. The van der Waals surface area contributed by atoms with Gasteiger partial charge in [-0.2, -0.15) is 0 Å². The molecule has 1 aliphatic rings. The second kappa shape index (κ2) is 7.05. The molecule has 118 valence electrons. The quantitative estimate of drug-likeness (QED) is 0.888. The van der Waals surface area contributed by atoms with Crippen molar-refractivity contribution in [1.29, 1.82) is 0 Å². The Labute approximate surface area is 131 Å². The van der Waals surface area contributed by atoms with Crippen LogP contribution in [-0.2, 0) is 19.4 Å². The third-order valence-electron chi connectivity index (χ3n) is 4.59. The van der Waals surface area contributed by atoms with Crippen LogP contribution in [0.4, 0.5) is 4.39 Å². The zero-order chi connectivity index (χ0) is 15.4. The molecule has 0 fully saturated rings. The molecule has 0 radical (unpaired) electrons. The maximum atomic E-state index is 13.6. The first-order valence-corrected chi connectivity index (χ1v) is 8.19. The van der Waals surface area contributed by atoms with E-state index in [2.05, 4.69) is 28.0 Å². The lowest BCUT2D eigenvalue weighted by Crippen LogP contribution is -2.35. The fourth-order valence-corrected chi connectivity index (χ4v) is 3.15. The molecule has 0 unspecified atom stereocenters. The third-order valence-corrected chi connectivity index (χ3v) is 4.59. The normalized spacial score (nSPS) is 18.9. The molecule has 0 spiro atoms. The van der Waals surface area contributed by atoms with Crippen molar-refractivity contribution >= 4 is 0 Å². The summed E-state index contributed by atoms with van der Waals surface area (Å²) in [5.41, 5.74) is 0.817. The molecular weight excluding hydrogens is 277 g/mol. The number of hydrogen-bond acceptors (Lipinski definition) is 2. The van der Waals surface area contributed by atoms with E-state index in [0.717, 1.165) is 37.9 Å². The first-order valence-electron chi connectivity index (χ1n) is 8.19. The van der Waals surface area contributed by atoms with Gasteiger partial charge in [0.15, 0.2) is 0 Å². The van der Waals surface area contributed by atoms with Gasteiger partial charge in [-0.05, 0) is 50.3 Å². The second-order valence-corrected chi connectivity index (χ2v) is 6.34. The van der Waals surface area contributed by atoms with Crippen LogP contribution in [0.15, 0.2) is 36.7 Å². The molecule has 2 aromatic rings. The molecule has 1 aliphatic heterocycles. The van der Waals surface area contributed by atoms with Gasteiger partial charge in [0.05, 0.1) is 0 Å². The van der Waals surface area contributed by atoms with Gasteiger partial charge in [-0.3, -0.25) is 0 Å². The van der Waals surface area contributed by atoms with Crippen molar-refractivity contribution in [2.75, 3.05) is 6.54 Å². The summed E-state index contributed by atoms with van der Waals surface area (Å²) >= 11 is 0. The van der Waals surface area contributed by atoms with Crippen LogP contribution in [0.1, 0.15) is 31.2 Å². The topological polar surface area (TPSA) is 29.9 Å². The van der Waals surface area contributed by atoms with Gasteiger partial charge in [-0.25, -0.2) is 9.37 Å². The van der Waals surface area contributed by atoms with E-state index in [9.17, 15) is 4.39 Å². The van der Waals surface area contributed by atoms with Crippen molar-refractivity contribution < 1.29 is 4.39 Å². The Morgan fingerprint density at radius 2 is 2.27 bits per heavy atom. The molecule has 22 heavy (non-hydrogen) atoms. The molecule has 2 atom stereocenters. The lowest BCUT2D eigenvalue weighted by Gasteiger charge is -2.25. The van der Waals surface area contributed by atoms with Crippen LogP contribution in [-0.4, -0.2) is 22.1 Å². The van der Waals surface area contributed by atoms with Crippen LogP contribution in [0.2, 0.25) is 0 Å². The average Bonchev–Trinajstić information content (AvgIpc) is 2.99. The van der Waals surface area contributed by atoms with Crippen molar-refractivity contribution in [3.05, 3.63) is 53.9 Å². The Morgan fingerprint density at radius 3 is 3.14 bits per heavy atom. The van der Waals surface area contributed by atoms with Gasteiger partial charge in [0, 0.05) is 31.4 Å². The molecule has 0 bridgehead atoms. The number of aromatic nitrogens is 2. The van der Waals surface area contributed by atoms with Crippen molar-refractivity contribution in [3.63, 3.8) is 0 Å². The zero-order valence-corrected chi connectivity index (χ0v) is 13.1. The molecule has 0 saturated heterocycles. The van der Waals surface area contributed by atoms with E-state index in [4.69, 9.17) is 0 Å². The molecule has 3 nitrogen and oxygen atoms in total. The SMILES string of the molecule is C[C@@H](CCc1ccccc1F)NC[C@@H]1CCc2nccn2C1. The molecule has 3 rings (SSSR count). The number of hydrogen-bond donors (Lipinski definition) is 1. The van der Waals surface area contributed by atoms with Gasteiger partial charge in [0.25, 0.3) is 0 Å². The molecule has 1 aromatic heterocycles. The Kier molecular flexibility index (Phi) is 4.88. The van der Waals surface area contributed by atoms with E-state index < -0.39 is 0 Å². The summed E-state index contributed by atoms with van der Waals surface area (Å²) in [4.78, 5) is 4.36.